The first kappa shape index (κ1) is 23.7. The molecule has 8 heteroatoms. The van der Waals surface area contributed by atoms with Crippen LogP contribution in [0.1, 0.15) is 12.5 Å². The number of nitrogens with one attached hydrogen (secondary N) is 2. The summed E-state index contributed by atoms with van der Waals surface area (Å²) < 4.78 is 19.0. The molecule has 0 aliphatic heterocycles. The molecule has 0 aliphatic rings. The zero-order chi connectivity index (χ0) is 19.6. The first-order chi connectivity index (χ1) is 13.0. The summed E-state index contributed by atoms with van der Waals surface area (Å²) in [7, 11) is 3.58. The molecule has 0 fully saturated rings. The van der Waals surface area contributed by atoms with Crippen LogP contribution in [0.4, 0.5) is 10.1 Å². The molecular formula is C20H26FIN4O2. The molecule has 0 unspecified atom stereocenters. The van der Waals surface area contributed by atoms with Crippen LogP contribution in [-0.4, -0.2) is 44.0 Å². The molecule has 2 aromatic rings. The minimum atomic E-state index is -0.251. The lowest BCUT2D eigenvalue weighted by molar-refractivity contribution is -0.114. The maximum Gasteiger partial charge on any atom is 0.221 e. The summed E-state index contributed by atoms with van der Waals surface area (Å²) in [5.74, 6) is 0.985. The van der Waals surface area contributed by atoms with Gasteiger partial charge < -0.3 is 20.3 Å². The van der Waals surface area contributed by atoms with E-state index in [-0.39, 0.29) is 35.7 Å². The average molecular weight is 500 g/mol. The topological polar surface area (TPSA) is 66.0 Å². The second kappa shape index (κ2) is 12.2. The van der Waals surface area contributed by atoms with Gasteiger partial charge in [0.25, 0.3) is 0 Å². The summed E-state index contributed by atoms with van der Waals surface area (Å²) in [5.41, 5.74) is 1.56. The highest BCUT2D eigenvalue weighted by Crippen LogP contribution is 2.17. The van der Waals surface area contributed by atoms with Crippen LogP contribution in [0, 0.1) is 5.82 Å². The van der Waals surface area contributed by atoms with E-state index in [1.54, 1.807) is 25.2 Å². The van der Waals surface area contributed by atoms with Crippen molar-refractivity contribution in [2.75, 3.05) is 32.6 Å². The van der Waals surface area contributed by atoms with Crippen LogP contribution in [0.15, 0.2) is 53.5 Å². The molecule has 2 aromatic carbocycles. The number of aliphatic imine (C=N–C) groups is 1. The number of ether oxygens (including phenoxy) is 1. The van der Waals surface area contributed by atoms with E-state index in [4.69, 9.17) is 4.74 Å². The van der Waals surface area contributed by atoms with Crippen molar-refractivity contribution in [2.45, 2.75) is 13.5 Å². The van der Waals surface area contributed by atoms with Crippen LogP contribution in [-0.2, 0) is 11.3 Å². The zero-order valence-electron chi connectivity index (χ0n) is 16.2. The number of hydrogen-bond donors (Lipinski definition) is 2. The molecule has 2 N–H and O–H groups in total. The van der Waals surface area contributed by atoms with Crippen LogP contribution >= 0.6 is 24.0 Å². The van der Waals surface area contributed by atoms with Gasteiger partial charge in [0.2, 0.25) is 5.91 Å². The first-order valence-electron chi connectivity index (χ1n) is 8.64. The number of nitrogens with zero attached hydrogens (tertiary/aromatic N) is 2. The molecule has 0 bridgehead atoms. The van der Waals surface area contributed by atoms with E-state index in [9.17, 15) is 9.18 Å². The molecule has 0 aliphatic carbocycles. The predicted octanol–water partition coefficient (Wildman–Crippen LogP) is 3.49. The van der Waals surface area contributed by atoms with Crippen LogP contribution in [0.5, 0.6) is 5.75 Å². The van der Waals surface area contributed by atoms with Gasteiger partial charge in [0.05, 0.1) is 6.54 Å². The summed E-state index contributed by atoms with van der Waals surface area (Å²) in [4.78, 5) is 17.2. The molecule has 28 heavy (non-hydrogen) atoms. The Hall–Kier alpha value is -2.36. The summed E-state index contributed by atoms with van der Waals surface area (Å²) in [6.07, 6.45) is 0. The predicted molar refractivity (Wildman–Crippen MR) is 121 cm³/mol. The van der Waals surface area contributed by atoms with E-state index in [1.165, 1.54) is 19.1 Å². The van der Waals surface area contributed by atoms with Crippen LogP contribution in [0.3, 0.4) is 0 Å². The largest absolute Gasteiger partial charge is 0.492 e. The molecule has 0 saturated carbocycles. The fourth-order valence-corrected chi connectivity index (χ4v) is 2.57. The number of halogens is 2. The summed E-state index contributed by atoms with van der Waals surface area (Å²) >= 11 is 0. The third-order valence-corrected chi connectivity index (χ3v) is 3.69. The molecule has 0 spiro atoms. The lowest BCUT2D eigenvalue weighted by Gasteiger charge is -2.22. The van der Waals surface area contributed by atoms with E-state index in [0.717, 1.165) is 5.56 Å². The lowest BCUT2D eigenvalue weighted by atomic mass is 10.2. The Balaban J connectivity index is 0.00000392. The number of anilines is 1. The molecule has 2 rings (SSSR count). The van der Waals surface area contributed by atoms with E-state index < -0.39 is 0 Å². The Morgan fingerprint density at radius 3 is 2.64 bits per heavy atom. The van der Waals surface area contributed by atoms with E-state index in [0.29, 0.717) is 37.1 Å². The number of carbonyl (C=O) groups excluding carboxylic acids is 1. The SMILES string of the molecule is CN=C(NCCOc1cccc(NC(C)=O)c1)N(C)Cc1cccc(F)c1.I. The van der Waals surface area contributed by atoms with Gasteiger partial charge in [0.15, 0.2) is 5.96 Å². The minimum Gasteiger partial charge on any atom is -0.492 e. The fraction of sp³-hybridized carbons (Fsp3) is 0.300. The third-order valence-electron chi connectivity index (χ3n) is 3.69. The number of benzene rings is 2. The molecule has 152 valence electrons. The number of carbonyl (C=O) groups is 1. The summed E-state index contributed by atoms with van der Waals surface area (Å²) in [6, 6.07) is 13.7. The first-order valence-corrected chi connectivity index (χ1v) is 8.64. The van der Waals surface area contributed by atoms with Gasteiger partial charge in [-0.1, -0.05) is 18.2 Å². The van der Waals surface area contributed by atoms with Crippen molar-refractivity contribution >= 4 is 41.5 Å². The maximum absolute atomic E-state index is 13.3. The number of hydrogen-bond acceptors (Lipinski definition) is 3. The van der Waals surface area contributed by atoms with Gasteiger partial charge in [-0.25, -0.2) is 4.39 Å². The molecular weight excluding hydrogens is 474 g/mol. The monoisotopic (exact) mass is 500 g/mol. The second-order valence-corrected chi connectivity index (χ2v) is 6.02. The number of guanidine groups is 1. The van der Waals surface area contributed by atoms with Crippen molar-refractivity contribution < 1.29 is 13.9 Å². The molecule has 0 heterocycles. The highest BCUT2D eigenvalue weighted by molar-refractivity contribution is 14.0. The van der Waals surface area contributed by atoms with Crippen LogP contribution in [0.2, 0.25) is 0 Å². The highest BCUT2D eigenvalue weighted by Gasteiger charge is 2.07. The Kier molecular flexibility index (Phi) is 10.3. The van der Waals surface area contributed by atoms with Crippen LogP contribution < -0.4 is 15.4 Å². The third kappa shape index (κ3) is 8.12. The van der Waals surface area contributed by atoms with Gasteiger partial charge in [-0.05, 0) is 29.8 Å². The lowest BCUT2D eigenvalue weighted by Crippen LogP contribution is -2.40. The normalized spacial score (nSPS) is 10.6. The van der Waals surface area contributed by atoms with Crippen molar-refractivity contribution in [2.24, 2.45) is 4.99 Å². The van der Waals surface area contributed by atoms with Crippen molar-refractivity contribution in [3.8, 4) is 5.75 Å². The van der Waals surface area contributed by atoms with E-state index >= 15 is 0 Å². The highest BCUT2D eigenvalue weighted by atomic mass is 127. The quantitative estimate of drug-likeness (QED) is 0.265. The minimum absolute atomic E-state index is 0. The van der Waals surface area contributed by atoms with E-state index in [1.807, 2.05) is 30.1 Å². The van der Waals surface area contributed by atoms with Crippen molar-refractivity contribution in [1.29, 1.82) is 0 Å². The van der Waals surface area contributed by atoms with Crippen molar-refractivity contribution in [1.82, 2.24) is 10.2 Å². The molecule has 1 amide bonds. The number of rotatable bonds is 7. The van der Waals surface area contributed by atoms with Gasteiger partial charge in [-0.15, -0.1) is 24.0 Å². The molecule has 0 atom stereocenters. The molecule has 6 nitrogen and oxygen atoms in total. The molecule has 0 saturated heterocycles. The summed E-state index contributed by atoms with van der Waals surface area (Å²) in [5, 5.41) is 5.93. The standard InChI is InChI=1S/C20H25FN4O2.HI/c1-15(26)24-18-8-5-9-19(13-18)27-11-10-23-20(22-2)25(3)14-16-6-4-7-17(21)12-16;/h4-9,12-13H,10-11,14H2,1-3H3,(H,22,23)(H,24,26);1H. The molecule has 0 aromatic heterocycles. The average Bonchev–Trinajstić information content (AvgIpc) is 2.61. The Morgan fingerprint density at radius 2 is 1.96 bits per heavy atom. The smallest absolute Gasteiger partial charge is 0.221 e. The van der Waals surface area contributed by atoms with Gasteiger partial charge in [0.1, 0.15) is 18.2 Å². The van der Waals surface area contributed by atoms with Crippen LogP contribution in [0.25, 0.3) is 0 Å². The van der Waals surface area contributed by atoms with Crippen molar-refractivity contribution in [3.05, 3.63) is 59.9 Å². The maximum atomic E-state index is 13.3. The number of amides is 1. The molecule has 0 radical (unpaired) electrons. The second-order valence-electron chi connectivity index (χ2n) is 6.02. The zero-order valence-corrected chi connectivity index (χ0v) is 18.6. The Bertz CT molecular complexity index is 801. The van der Waals surface area contributed by atoms with Gasteiger partial charge >= 0.3 is 0 Å². The summed E-state index contributed by atoms with van der Waals surface area (Å²) in [6.45, 7) is 2.97. The Labute approximate surface area is 182 Å². The van der Waals surface area contributed by atoms with Gasteiger partial charge in [0, 0.05) is 39.3 Å². The fourth-order valence-electron chi connectivity index (χ4n) is 2.57. The van der Waals surface area contributed by atoms with E-state index in [2.05, 4.69) is 15.6 Å². The van der Waals surface area contributed by atoms with Crippen molar-refractivity contribution in [3.63, 3.8) is 0 Å². The van der Waals surface area contributed by atoms with Gasteiger partial charge in [-0.2, -0.15) is 0 Å². The van der Waals surface area contributed by atoms with Gasteiger partial charge in [-0.3, -0.25) is 9.79 Å². The Morgan fingerprint density at radius 1 is 1.21 bits per heavy atom.